The summed E-state index contributed by atoms with van der Waals surface area (Å²) in [5, 5.41) is 3.55. The Morgan fingerprint density at radius 1 is 1.40 bits per heavy atom. The summed E-state index contributed by atoms with van der Waals surface area (Å²) in [6.07, 6.45) is 1.36. The van der Waals surface area contributed by atoms with Crippen LogP contribution in [0.5, 0.6) is 0 Å². The predicted molar refractivity (Wildman–Crippen MR) is 56.1 cm³/mol. The molecule has 78 valence electrons. The molecular formula is C10H8ClFN2O. The maximum Gasteiger partial charge on any atom is 0.230 e. The van der Waals surface area contributed by atoms with Crippen LogP contribution in [0.25, 0.3) is 11.1 Å². The first-order chi connectivity index (χ1) is 7.09. The van der Waals surface area contributed by atoms with E-state index in [4.69, 9.17) is 17.3 Å². The van der Waals surface area contributed by atoms with Gasteiger partial charge in [-0.05, 0) is 24.6 Å². The molecule has 0 spiro atoms. The Kier molecular flexibility index (Phi) is 2.36. The molecule has 0 amide bonds. The molecule has 2 aromatic rings. The lowest BCUT2D eigenvalue weighted by Gasteiger charge is -2.04. The molecule has 1 aromatic heterocycles. The molecule has 0 aliphatic rings. The maximum absolute atomic E-state index is 13.7. The second-order valence-electron chi connectivity index (χ2n) is 3.21. The zero-order valence-electron chi connectivity index (χ0n) is 7.92. The Morgan fingerprint density at radius 2 is 2.13 bits per heavy atom. The molecule has 0 saturated carbocycles. The molecule has 15 heavy (non-hydrogen) atoms. The molecule has 2 rings (SSSR count). The molecule has 0 fully saturated rings. The summed E-state index contributed by atoms with van der Waals surface area (Å²) in [5.41, 5.74) is 7.07. The molecule has 2 N–H and O–H groups in total. The van der Waals surface area contributed by atoms with Crippen molar-refractivity contribution in [2.45, 2.75) is 6.92 Å². The first kappa shape index (κ1) is 9.98. The Balaban J connectivity index is 2.68. The van der Waals surface area contributed by atoms with Crippen molar-refractivity contribution in [3.63, 3.8) is 0 Å². The number of hydrogen-bond donors (Lipinski definition) is 1. The highest BCUT2D eigenvalue weighted by atomic mass is 35.5. The third-order valence-electron chi connectivity index (χ3n) is 2.06. The number of aromatic nitrogens is 1. The van der Waals surface area contributed by atoms with Crippen LogP contribution in [0.3, 0.4) is 0 Å². The summed E-state index contributed by atoms with van der Waals surface area (Å²) in [6.45, 7) is 1.82. The second kappa shape index (κ2) is 3.55. The van der Waals surface area contributed by atoms with E-state index in [0.717, 1.165) is 5.56 Å². The summed E-state index contributed by atoms with van der Waals surface area (Å²) in [6, 6.07) is 3.19. The highest BCUT2D eigenvalue weighted by molar-refractivity contribution is 6.31. The third-order valence-corrected chi connectivity index (χ3v) is 2.34. The van der Waals surface area contributed by atoms with Crippen LogP contribution in [0.2, 0.25) is 5.02 Å². The van der Waals surface area contributed by atoms with Gasteiger partial charge < -0.3 is 10.3 Å². The van der Waals surface area contributed by atoms with Crippen molar-refractivity contribution in [2.75, 3.05) is 5.73 Å². The van der Waals surface area contributed by atoms with Crippen molar-refractivity contribution in [1.29, 1.82) is 0 Å². The molecule has 1 heterocycles. The van der Waals surface area contributed by atoms with Crippen LogP contribution in [-0.2, 0) is 0 Å². The van der Waals surface area contributed by atoms with E-state index in [0.29, 0.717) is 11.1 Å². The fourth-order valence-corrected chi connectivity index (χ4v) is 1.65. The van der Waals surface area contributed by atoms with E-state index in [1.807, 2.05) is 6.92 Å². The topological polar surface area (TPSA) is 52.0 Å². The lowest BCUT2D eigenvalue weighted by atomic mass is 10.1. The van der Waals surface area contributed by atoms with E-state index in [1.54, 1.807) is 12.1 Å². The number of anilines is 1. The van der Waals surface area contributed by atoms with E-state index < -0.39 is 5.82 Å². The normalized spacial score (nSPS) is 10.6. The van der Waals surface area contributed by atoms with E-state index >= 15 is 0 Å². The van der Waals surface area contributed by atoms with Gasteiger partial charge in [0.15, 0.2) is 0 Å². The molecular weight excluding hydrogens is 219 g/mol. The molecule has 0 saturated heterocycles. The Morgan fingerprint density at radius 3 is 2.73 bits per heavy atom. The minimum atomic E-state index is -0.517. The van der Waals surface area contributed by atoms with Crippen molar-refractivity contribution in [3.8, 4) is 11.1 Å². The van der Waals surface area contributed by atoms with Gasteiger partial charge >= 0.3 is 0 Å². The number of halogens is 2. The minimum Gasteiger partial charge on any atom is -0.367 e. The molecule has 3 nitrogen and oxygen atoms in total. The first-order valence-corrected chi connectivity index (χ1v) is 4.63. The molecule has 1 aromatic carbocycles. The maximum atomic E-state index is 13.7. The van der Waals surface area contributed by atoms with Crippen molar-refractivity contribution in [1.82, 2.24) is 5.16 Å². The van der Waals surface area contributed by atoms with Gasteiger partial charge in [-0.25, -0.2) is 4.39 Å². The van der Waals surface area contributed by atoms with Gasteiger partial charge in [0.05, 0.1) is 16.8 Å². The van der Waals surface area contributed by atoms with Crippen molar-refractivity contribution in [3.05, 3.63) is 34.7 Å². The van der Waals surface area contributed by atoms with Gasteiger partial charge in [0.2, 0.25) is 5.88 Å². The summed E-state index contributed by atoms with van der Waals surface area (Å²) in [5.74, 6) is -0.437. The average molecular weight is 227 g/mol. The van der Waals surface area contributed by atoms with Gasteiger partial charge in [0.25, 0.3) is 0 Å². The monoisotopic (exact) mass is 226 g/mol. The summed E-state index contributed by atoms with van der Waals surface area (Å²) in [7, 11) is 0. The van der Waals surface area contributed by atoms with Gasteiger partial charge in [-0.15, -0.1) is 0 Å². The third kappa shape index (κ3) is 1.68. The van der Waals surface area contributed by atoms with Gasteiger partial charge in [0.1, 0.15) is 5.82 Å². The first-order valence-electron chi connectivity index (χ1n) is 4.25. The van der Waals surface area contributed by atoms with Gasteiger partial charge in [-0.2, -0.15) is 0 Å². The number of aryl methyl sites for hydroxylation is 1. The number of rotatable bonds is 1. The molecule has 0 unspecified atom stereocenters. The van der Waals surface area contributed by atoms with Crippen LogP contribution < -0.4 is 5.73 Å². The Bertz CT molecular complexity index is 510. The number of nitrogens with two attached hydrogens (primary N) is 1. The summed E-state index contributed by atoms with van der Waals surface area (Å²) >= 11 is 5.72. The molecule has 0 atom stereocenters. The van der Waals surface area contributed by atoms with Gasteiger partial charge in [0, 0.05) is 5.56 Å². The zero-order chi connectivity index (χ0) is 11.0. The smallest absolute Gasteiger partial charge is 0.230 e. The number of hydrogen-bond acceptors (Lipinski definition) is 3. The lowest BCUT2D eigenvalue weighted by Crippen LogP contribution is -1.90. The fraction of sp³-hybridized carbons (Fsp3) is 0.100. The average Bonchev–Trinajstić information content (AvgIpc) is 2.58. The van der Waals surface area contributed by atoms with E-state index in [1.165, 1.54) is 6.20 Å². The van der Waals surface area contributed by atoms with E-state index in [2.05, 4.69) is 9.68 Å². The zero-order valence-corrected chi connectivity index (χ0v) is 8.68. The van der Waals surface area contributed by atoms with Crippen molar-refractivity contribution >= 4 is 17.5 Å². The molecule has 0 aliphatic heterocycles. The Labute approximate surface area is 90.6 Å². The summed E-state index contributed by atoms with van der Waals surface area (Å²) in [4.78, 5) is 0. The number of nitrogens with zero attached hydrogens (tertiary/aromatic N) is 1. The minimum absolute atomic E-state index is 0.0607. The van der Waals surface area contributed by atoms with Crippen LogP contribution in [-0.4, -0.2) is 5.16 Å². The molecule has 0 radical (unpaired) electrons. The van der Waals surface area contributed by atoms with E-state index in [9.17, 15) is 4.39 Å². The molecule has 0 aliphatic carbocycles. The fourth-order valence-electron chi connectivity index (χ4n) is 1.37. The van der Waals surface area contributed by atoms with Crippen LogP contribution in [0.15, 0.2) is 22.9 Å². The lowest BCUT2D eigenvalue weighted by molar-refractivity contribution is 0.436. The van der Waals surface area contributed by atoms with Crippen LogP contribution in [0.4, 0.5) is 10.3 Å². The number of nitrogen functional groups attached to an aromatic ring is 1. The highest BCUT2D eigenvalue weighted by Crippen LogP contribution is 2.32. The van der Waals surface area contributed by atoms with E-state index in [-0.39, 0.29) is 10.9 Å². The van der Waals surface area contributed by atoms with Crippen LogP contribution >= 0.6 is 11.6 Å². The van der Waals surface area contributed by atoms with Crippen molar-refractivity contribution in [2.24, 2.45) is 0 Å². The van der Waals surface area contributed by atoms with Gasteiger partial charge in [-0.3, -0.25) is 0 Å². The molecule has 0 bridgehead atoms. The second-order valence-corrected chi connectivity index (χ2v) is 3.62. The van der Waals surface area contributed by atoms with Crippen molar-refractivity contribution < 1.29 is 8.91 Å². The summed E-state index contributed by atoms with van der Waals surface area (Å²) < 4.78 is 18.3. The van der Waals surface area contributed by atoms with Gasteiger partial charge in [-0.1, -0.05) is 16.8 Å². The van der Waals surface area contributed by atoms with Crippen LogP contribution in [0.1, 0.15) is 5.56 Å². The quantitative estimate of drug-likeness (QED) is 0.813. The van der Waals surface area contributed by atoms with Crippen LogP contribution in [0, 0.1) is 12.7 Å². The largest absolute Gasteiger partial charge is 0.367 e. The SMILES string of the molecule is Cc1cc(Cl)c(F)c(-c2cnoc2N)c1. The highest BCUT2D eigenvalue weighted by Gasteiger charge is 2.14. The molecule has 5 heteroatoms. The predicted octanol–water partition coefficient (Wildman–Crippen LogP) is 3.02. The number of benzene rings is 1. The Hall–Kier alpha value is -1.55. The standard InChI is InChI=1S/C10H8ClFN2O/c1-5-2-6(9(12)8(11)3-5)7-4-14-15-10(7)13/h2-4H,13H2,1H3.